The van der Waals surface area contributed by atoms with Crippen molar-refractivity contribution in [3.8, 4) is 0 Å². The molecule has 1 N–H and O–H groups in total. The molecule has 0 aliphatic heterocycles. The standard InChI is InChI=1S/C18H19F3N4O2S/c1-5-9(3)22-12(26)7-25-10(4)23-14-13-8(2)6-11(18(19,20)21)24-16(13)28-15(14)17(25)27/h6,9H,5,7H2,1-4H3,(H,22,26)/t9-/m0/s1. The van der Waals surface area contributed by atoms with E-state index in [-0.39, 0.29) is 28.0 Å². The Kier molecular flexibility index (Phi) is 5.18. The first-order valence-corrected chi connectivity index (χ1v) is 9.52. The highest BCUT2D eigenvalue weighted by Gasteiger charge is 2.33. The second kappa shape index (κ2) is 7.16. The van der Waals surface area contributed by atoms with Crippen LogP contribution in [0.15, 0.2) is 10.9 Å². The summed E-state index contributed by atoms with van der Waals surface area (Å²) in [5.41, 5.74) is -0.797. The van der Waals surface area contributed by atoms with Crippen molar-refractivity contribution in [2.45, 2.75) is 52.9 Å². The fraction of sp³-hybridized carbons (Fsp3) is 0.444. The molecule has 28 heavy (non-hydrogen) atoms. The maximum Gasteiger partial charge on any atom is 0.433 e. The van der Waals surface area contributed by atoms with Gasteiger partial charge in [-0.05, 0) is 38.8 Å². The molecule has 0 radical (unpaired) electrons. The fourth-order valence-corrected chi connectivity index (χ4v) is 4.04. The van der Waals surface area contributed by atoms with Gasteiger partial charge in [0.05, 0.1) is 5.52 Å². The molecule has 150 valence electrons. The minimum Gasteiger partial charge on any atom is -0.352 e. The lowest BCUT2D eigenvalue weighted by Crippen LogP contribution is -2.37. The summed E-state index contributed by atoms with van der Waals surface area (Å²) in [4.78, 5) is 33.3. The number of hydrogen-bond donors (Lipinski definition) is 1. The smallest absolute Gasteiger partial charge is 0.352 e. The topological polar surface area (TPSA) is 76.9 Å². The summed E-state index contributed by atoms with van der Waals surface area (Å²) < 4.78 is 40.6. The van der Waals surface area contributed by atoms with Gasteiger partial charge < -0.3 is 5.32 Å². The number of rotatable bonds is 4. The number of thiophene rings is 1. The summed E-state index contributed by atoms with van der Waals surface area (Å²) in [6, 6.07) is 0.925. The zero-order valence-electron chi connectivity index (χ0n) is 15.8. The van der Waals surface area contributed by atoms with Gasteiger partial charge in [0, 0.05) is 11.4 Å². The van der Waals surface area contributed by atoms with E-state index >= 15 is 0 Å². The zero-order chi connectivity index (χ0) is 20.8. The third-order valence-electron chi connectivity index (χ3n) is 4.55. The number of aryl methyl sites for hydroxylation is 2. The van der Waals surface area contributed by atoms with Crippen molar-refractivity contribution < 1.29 is 18.0 Å². The Morgan fingerprint density at radius 1 is 1.32 bits per heavy atom. The highest BCUT2D eigenvalue weighted by molar-refractivity contribution is 7.25. The Hall–Kier alpha value is -2.49. The van der Waals surface area contributed by atoms with E-state index in [4.69, 9.17) is 0 Å². The number of alkyl halides is 3. The van der Waals surface area contributed by atoms with Crippen LogP contribution in [0.3, 0.4) is 0 Å². The Labute approximate surface area is 162 Å². The highest BCUT2D eigenvalue weighted by Crippen LogP contribution is 2.36. The molecule has 3 heterocycles. The van der Waals surface area contributed by atoms with Gasteiger partial charge in [0.15, 0.2) is 0 Å². The molecule has 0 aliphatic rings. The van der Waals surface area contributed by atoms with E-state index in [9.17, 15) is 22.8 Å². The molecule has 0 spiro atoms. The second-order valence-electron chi connectivity index (χ2n) is 6.71. The number of hydrogen-bond acceptors (Lipinski definition) is 5. The number of halogens is 3. The Morgan fingerprint density at radius 3 is 2.61 bits per heavy atom. The molecule has 1 atom stereocenters. The normalized spacial score (nSPS) is 13.2. The van der Waals surface area contributed by atoms with E-state index in [1.54, 1.807) is 6.92 Å². The van der Waals surface area contributed by atoms with Crippen LogP contribution < -0.4 is 10.9 Å². The van der Waals surface area contributed by atoms with Crippen LogP contribution in [0.2, 0.25) is 0 Å². The number of pyridine rings is 1. The summed E-state index contributed by atoms with van der Waals surface area (Å²) in [5.74, 6) is -0.00808. The molecule has 10 heteroatoms. The summed E-state index contributed by atoms with van der Waals surface area (Å²) >= 11 is 0.862. The number of carbonyl (C=O) groups excluding carboxylic acids is 1. The first-order chi connectivity index (χ1) is 13.0. The number of nitrogens with zero attached hydrogens (tertiary/aromatic N) is 3. The first-order valence-electron chi connectivity index (χ1n) is 8.70. The van der Waals surface area contributed by atoms with E-state index in [2.05, 4.69) is 15.3 Å². The predicted octanol–water partition coefficient (Wildman–Crippen LogP) is 3.56. The van der Waals surface area contributed by atoms with E-state index in [1.165, 1.54) is 11.5 Å². The molecular formula is C18H19F3N4O2S. The Morgan fingerprint density at radius 2 is 2.00 bits per heavy atom. The van der Waals surface area contributed by atoms with Crippen molar-refractivity contribution in [3.63, 3.8) is 0 Å². The van der Waals surface area contributed by atoms with Gasteiger partial charge in [-0.25, -0.2) is 9.97 Å². The quantitative estimate of drug-likeness (QED) is 0.711. The molecule has 0 fully saturated rings. The predicted molar refractivity (Wildman–Crippen MR) is 102 cm³/mol. The van der Waals surface area contributed by atoms with Gasteiger partial charge in [-0.3, -0.25) is 14.2 Å². The van der Waals surface area contributed by atoms with Gasteiger partial charge >= 0.3 is 6.18 Å². The Bertz CT molecular complexity index is 1130. The average Bonchev–Trinajstić information content (AvgIpc) is 2.96. The van der Waals surface area contributed by atoms with E-state index < -0.39 is 17.4 Å². The molecular weight excluding hydrogens is 393 g/mol. The lowest BCUT2D eigenvalue weighted by atomic mass is 10.1. The van der Waals surface area contributed by atoms with Gasteiger partial charge in [0.1, 0.15) is 27.6 Å². The molecule has 0 saturated carbocycles. The maximum atomic E-state index is 13.1. The van der Waals surface area contributed by atoms with Gasteiger partial charge in [-0.2, -0.15) is 13.2 Å². The van der Waals surface area contributed by atoms with Gasteiger partial charge in [0.2, 0.25) is 5.91 Å². The van der Waals surface area contributed by atoms with Crippen LogP contribution in [0, 0.1) is 13.8 Å². The van der Waals surface area contributed by atoms with Crippen molar-refractivity contribution in [1.29, 1.82) is 0 Å². The summed E-state index contributed by atoms with van der Waals surface area (Å²) in [5, 5.41) is 3.21. The second-order valence-corrected chi connectivity index (χ2v) is 7.71. The zero-order valence-corrected chi connectivity index (χ0v) is 16.6. The fourth-order valence-electron chi connectivity index (χ4n) is 2.90. The van der Waals surface area contributed by atoms with Gasteiger partial charge in [-0.15, -0.1) is 11.3 Å². The number of nitrogens with one attached hydrogen (secondary N) is 1. The van der Waals surface area contributed by atoms with Crippen LogP contribution in [0.5, 0.6) is 0 Å². The summed E-state index contributed by atoms with van der Waals surface area (Å²) in [7, 11) is 0. The van der Waals surface area contributed by atoms with Crippen molar-refractivity contribution in [2.75, 3.05) is 0 Å². The lowest BCUT2D eigenvalue weighted by molar-refractivity contribution is -0.141. The summed E-state index contributed by atoms with van der Waals surface area (Å²) in [6.45, 7) is 6.71. The lowest BCUT2D eigenvalue weighted by Gasteiger charge is -2.13. The molecule has 0 aliphatic carbocycles. The molecule has 0 unspecified atom stereocenters. The molecule has 0 aromatic carbocycles. The van der Waals surface area contributed by atoms with Crippen LogP contribution in [0.4, 0.5) is 13.2 Å². The van der Waals surface area contributed by atoms with Crippen LogP contribution >= 0.6 is 11.3 Å². The average molecular weight is 412 g/mol. The van der Waals surface area contributed by atoms with E-state index in [1.807, 2.05) is 13.8 Å². The number of carbonyl (C=O) groups is 1. The molecule has 6 nitrogen and oxygen atoms in total. The first kappa shape index (κ1) is 20.2. The van der Waals surface area contributed by atoms with Crippen molar-refractivity contribution in [3.05, 3.63) is 33.5 Å². The largest absolute Gasteiger partial charge is 0.433 e. The van der Waals surface area contributed by atoms with Crippen LogP contribution in [-0.2, 0) is 17.5 Å². The van der Waals surface area contributed by atoms with Crippen LogP contribution in [0.25, 0.3) is 20.4 Å². The van der Waals surface area contributed by atoms with E-state index in [0.717, 1.165) is 23.8 Å². The molecule has 3 rings (SSSR count). The van der Waals surface area contributed by atoms with Crippen LogP contribution in [-0.4, -0.2) is 26.5 Å². The van der Waals surface area contributed by atoms with Crippen molar-refractivity contribution in [1.82, 2.24) is 19.9 Å². The monoisotopic (exact) mass is 412 g/mol. The van der Waals surface area contributed by atoms with Crippen LogP contribution in [0.1, 0.15) is 37.4 Å². The minimum absolute atomic E-state index is 0.0304. The highest BCUT2D eigenvalue weighted by atomic mass is 32.1. The molecule has 3 aromatic heterocycles. The molecule has 0 bridgehead atoms. The number of amides is 1. The molecule has 0 saturated heterocycles. The number of fused-ring (bicyclic) bond motifs is 3. The Balaban J connectivity index is 2.16. The third kappa shape index (κ3) is 3.60. The third-order valence-corrected chi connectivity index (χ3v) is 5.61. The maximum absolute atomic E-state index is 13.1. The van der Waals surface area contributed by atoms with Gasteiger partial charge in [0.25, 0.3) is 5.56 Å². The summed E-state index contributed by atoms with van der Waals surface area (Å²) in [6.07, 6.45) is -3.83. The molecule has 3 aromatic rings. The molecule has 1 amide bonds. The SMILES string of the molecule is CC[C@H](C)NC(=O)Cn1c(C)nc2c(sc3nc(C(F)(F)F)cc(C)c32)c1=O. The van der Waals surface area contributed by atoms with Crippen molar-refractivity contribution in [2.24, 2.45) is 0 Å². The minimum atomic E-state index is -4.58. The number of aromatic nitrogens is 3. The van der Waals surface area contributed by atoms with Crippen molar-refractivity contribution >= 4 is 37.7 Å². The van der Waals surface area contributed by atoms with E-state index in [0.29, 0.717) is 22.3 Å². The van der Waals surface area contributed by atoms with Gasteiger partial charge in [-0.1, -0.05) is 6.92 Å².